The van der Waals surface area contributed by atoms with E-state index in [4.69, 9.17) is 5.73 Å². The summed E-state index contributed by atoms with van der Waals surface area (Å²) in [6.45, 7) is 0.749. The number of carbonyl (C=O) groups excluding carboxylic acids is 1. The minimum atomic E-state index is -0.158. The Kier molecular flexibility index (Phi) is 1.65. The lowest BCUT2D eigenvalue weighted by Crippen LogP contribution is -2.40. The molecule has 1 spiro atoms. The molecule has 0 aromatic carbocycles. The SMILES string of the molecule is CN1CC(N)C2(CCCC2)C1=O. The van der Waals surface area contributed by atoms with Crippen molar-refractivity contribution < 1.29 is 4.79 Å². The Bertz CT molecular complexity index is 209. The normalized spacial score (nSPS) is 33.7. The monoisotopic (exact) mass is 168 g/mol. The zero-order valence-electron chi connectivity index (χ0n) is 7.55. The second-order valence-corrected chi connectivity index (χ2v) is 4.16. The van der Waals surface area contributed by atoms with Gasteiger partial charge in [0.25, 0.3) is 0 Å². The third kappa shape index (κ3) is 0.829. The first-order chi connectivity index (χ1) is 5.67. The highest BCUT2D eigenvalue weighted by Crippen LogP contribution is 2.45. The smallest absolute Gasteiger partial charge is 0.230 e. The standard InChI is InChI=1S/C9H16N2O/c1-11-6-7(10)9(8(11)12)4-2-3-5-9/h7H,2-6,10H2,1H3. The minimum Gasteiger partial charge on any atom is -0.344 e. The van der Waals surface area contributed by atoms with E-state index in [2.05, 4.69) is 0 Å². The average Bonchev–Trinajstić information content (AvgIpc) is 2.57. The third-order valence-corrected chi connectivity index (χ3v) is 3.45. The first-order valence-electron chi connectivity index (χ1n) is 4.68. The summed E-state index contributed by atoms with van der Waals surface area (Å²) in [4.78, 5) is 13.6. The average molecular weight is 168 g/mol. The van der Waals surface area contributed by atoms with Gasteiger partial charge in [-0.3, -0.25) is 4.79 Å². The summed E-state index contributed by atoms with van der Waals surface area (Å²) in [6.07, 6.45) is 4.37. The summed E-state index contributed by atoms with van der Waals surface area (Å²) in [5.74, 6) is 0.285. The van der Waals surface area contributed by atoms with Crippen LogP contribution >= 0.6 is 0 Å². The highest BCUT2D eigenvalue weighted by atomic mass is 16.2. The van der Waals surface area contributed by atoms with Crippen molar-refractivity contribution in [2.75, 3.05) is 13.6 Å². The molecule has 12 heavy (non-hydrogen) atoms. The van der Waals surface area contributed by atoms with Crippen LogP contribution in [0.5, 0.6) is 0 Å². The Morgan fingerprint density at radius 3 is 2.50 bits per heavy atom. The van der Waals surface area contributed by atoms with Crippen molar-refractivity contribution in [3.05, 3.63) is 0 Å². The molecule has 1 heterocycles. The Morgan fingerprint density at radius 1 is 1.50 bits per heavy atom. The lowest BCUT2D eigenvalue weighted by atomic mass is 9.81. The summed E-state index contributed by atoms with van der Waals surface area (Å²) >= 11 is 0. The van der Waals surface area contributed by atoms with Gasteiger partial charge in [-0.25, -0.2) is 0 Å². The molecule has 1 saturated heterocycles. The van der Waals surface area contributed by atoms with Crippen molar-refractivity contribution in [2.24, 2.45) is 11.1 Å². The number of likely N-dealkylation sites (tertiary alicyclic amines) is 1. The molecule has 68 valence electrons. The fourth-order valence-electron chi connectivity index (χ4n) is 2.68. The van der Waals surface area contributed by atoms with Gasteiger partial charge in [-0.1, -0.05) is 12.8 Å². The van der Waals surface area contributed by atoms with Gasteiger partial charge in [-0.2, -0.15) is 0 Å². The fourth-order valence-corrected chi connectivity index (χ4v) is 2.68. The van der Waals surface area contributed by atoms with Crippen LogP contribution in [0.1, 0.15) is 25.7 Å². The zero-order valence-corrected chi connectivity index (χ0v) is 7.55. The van der Waals surface area contributed by atoms with Crippen LogP contribution in [0, 0.1) is 5.41 Å². The first kappa shape index (κ1) is 8.05. The molecule has 0 radical (unpaired) electrons. The maximum absolute atomic E-state index is 11.8. The highest BCUT2D eigenvalue weighted by Gasteiger charge is 2.52. The van der Waals surface area contributed by atoms with Crippen LogP contribution in [0.25, 0.3) is 0 Å². The molecule has 2 N–H and O–H groups in total. The quantitative estimate of drug-likeness (QED) is 0.567. The van der Waals surface area contributed by atoms with Crippen LogP contribution < -0.4 is 5.73 Å². The number of likely N-dealkylation sites (N-methyl/N-ethyl adjacent to an activating group) is 1. The van der Waals surface area contributed by atoms with Crippen LogP contribution in [-0.2, 0) is 4.79 Å². The second-order valence-electron chi connectivity index (χ2n) is 4.16. The lowest BCUT2D eigenvalue weighted by molar-refractivity contribution is -0.134. The summed E-state index contributed by atoms with van der Waals surface area (Å²) in [7, 11) is 1.86. The highest BCUT2D eigenvalue weighted by molar-refractivity contribution is 5.86. The number of rotatable bonds is 0. The summed E-state index contributed by atoms with van der Waals surface area (Å²) < 4.78 is 0. The van der Waals surface area contributed by atoms with Crippen LogP contribution in [0.2, 0.25) is 0 Å². The second kappa shape index (κ2) is 2.46. The van der Waals surface area contributed by atoms with Crippen molar-refractivity contribution in [3.8, 4) is 0 Å². The van der Waals surface area contributed by atoms with Crippen LogP contribution in [0.15, 0.2) is 0 Å². The van der Waals surface area contributed by atoms with E-state index in [-0.39, 0.29) is 17.4 Å². The Morgan fingerprint density at radius 2 is 2.08 bits per heavy atom. The number of nitrogens with zero attached hydrogens (tertiary/aromatic N) is 1. The molecule has 1 amide bonds. The van der Waals surface area contributed by atoms with Crippen LogP contribution in [-0.4, -0.2) is 30.4 Å². The van der Waals surface area contributed by atoms with Gasteiger partial charge in [0, 0.05) is 19.6 Å². The number of hydrogen-bond donors (Lipinski definition) is 1. The first-order valence-corrected chi connectivity index (χ1v) is 4.68. The van der Waals surface area contributed by atoms with Gasteiger partial charge in [0.2, 0.25) is 5.91 Å². The molecule has 0 aromatic rings. The molecule has 0 bridgehead atoms. The van der Waals surface area contributed by atoms with Crippen molar-refractivity contribution in [2.45, 2.75) is 31.7 Å². The molecule has 1 atom stereocenters. The van der Waals surface area contributed by atoms with Crippen molar-refractivity contribution in [3.63, 3.8) is 0 Å². The largest absolute Gasteiger partial charge is 0.344 e. The van der Waals surface area contributed by atoms with E-state index >= 15 is 0 Å². The molecule has 2 aliphatic rings. The number of amides is 1. The van der Waals surface area contributed by atoms with Crippen LogP contribution in [0.4, 0.5) is 0 Å². The van der Waals surface area contributed by atoms with Crippen molar-refractivity contribution in [1.29, 1.82) is 0 Å². The van der Waals surface area contributed by atoms with E-state index in [1.165, 1.54) is 12.8 Å². The van der Waals surface area contributed by atoms with E-state index in [0.29, 0.717) is 0 Å². The molecule has 1 unspecified atom stereocenters. The van der Waals surface area contributed by atoms with Gasteiger partial charge in [-0.15, -0.1) is 0 Å². The number of hydrogen-bond acceptors (Lipinski definition) is 2. The summed E-state index contributed by atoms with van der Waals surface area (Å²) in [5.41, 5.74) is 5.84. The minimum absolute atomic E-state index is 0.0810. The molecular weight excluding hydrogens is 152 g/mol. The number of carbonyl (C=O) groups is 1. The Hall–Kier alpha value is -0.570. The molecule has 1 aliphatic carbocycles. The van der Waals surface area contributed by atoms with Gasteiger partial charge >= 0.3 is 0 Å². The van der Waals surface area contributed by atoms with E-state index in [1.54, 1.807) is 4.90 Å². The predicted octanol–water partition coefficient (Wildman–Crippen LogP) is 0.346. The molecule has 0 aromatic heterocycles. The van der Waals surface area contributed by atoms with Gasteiger partial charge in [0.05, 0.1) is 5.41 Å². The summed E-state index contributed by atoms with van der Waals surface area (Å²) in [5, 5.41) is 0. The lowest BCUT2D eigenvalue weighted by Gasteiger charge is -2.24. The molecule has 3 heteroatoms. The van der Waals surface area contributed by atoms with E-state index in [1.807, 2.05) is 7.05 Å². The Labute approximate surface area is 72.9 Å². The number of nitrogens with two attached hydrogens (primary N) is 1. The van der Waals surface area contributed by atoms with Gasteiger partial charge in [-0.05, 0) is 12.8 Å². The van der Waals surface area contributed by atoms with Gasteiger partial charge in [0.15, 0.2) is 0 Å². The maximum Gasteiger partial charge on any atom is 0.230 e. The molecule has 2 fully saturated rings. The maximum atomic E-state index is 11.8. The topological polar surface area (TPSA) is 46.3 Å². The molecule has 1 saturated carbocycles. The molecular formula is C9H16N2O. The summed E-state index contributed by atoms with van der Waals surface area (Å²) in [6, 6.07) is 0.0810. The molecule has 1 aliphatic heterocycles. The molecule has 2 rings (SSSR count). The van der Waals surface area contributed by atoms with Gasteiger partial charge in [0.1, 0.15) is 0 Å². The Balaban J connectivity index is 2.28. The molecule has 3 nitrogen and oxygen atoms in total. The van der Waals surface area contributed by atoms with Crippen molar-refractivity contribution in [1.82, 2.24) is 4.90 Å². The zero-order chi connectivity index (χ0) is 8.77. The predicted molar refractivity (Wildman–Crippen MR) is 46.5 cm³/mol. The van der Waals surface area contributed by atoms with Crippen LogP contribution in [0.3, 0.4) is 0 Å². The van der Waals surface area contributed by atoms with E-state index in [0.717, 1.165) is 19.4 Å². The third-order valence-electron chi connectivity index (χ3n) is 3.45. The van der Waals surface area contributed by atoms with Gasteiger partial charge < -0.3 is 10.6 Å². The van der Waals surface area contributed by atoms with Crippen molar-refractivity contribution >= 4 is 5.91 Å². The fraction of sp³-hybridized carbons (Fsp3) is 0.889. The van der Waals surface area contributed by atoms with E-state index in [9.17, 15) is 4.79 Å². The van der Waals surface area contributed by atoms with E-state index < -0.39 is 0 Å².